The van der Waals surface area contributed by atoms with Gasteiger partial charge in [-0.25, -0.2) is 12.8 Å². The molecule has 17 heavy (non-hydrogen) atoms. The summed E-state index contributed by atoms with van der Waals surface area (Å²) < 4.78 is 39.1. The van der Waals surface area contributed by atoms with E-state index in [0.717, 1.165) is 12.1 Å². The Bertz CT molecular complexity index is 638. The smallest absolute Gasteiger partial charge is 0.266 e. The normalized spacial score (nSPS) is 11.4. The maximum absolute atomic E-state index is 13.3. The number of sulfonamides is 1. The fourth-order valence-corrected chi connectivity index (χ4v) is 2.35. The second-order valence-corrected chi connectivity index (χ2v) is 4.89. The molecule has 0 spiro atoms. The molecule has 0 radical (unpaired) electrons. The van der Waals surface area contributed by atoms with Crippen molar-refractivity contribution >= 4 is 21.5 Å². The van der Waals surface area contributed by atoms with E-state index in [4.69, 9.17) is 5.73 Å². The Morgan fingerprint density at radius 1 is 1.35 bits per heavy atom. The molecule has 2 rings (SSSR count). The molecule has 0 aliphatic carbocycles. The third kappa shape index (κ3) is 2.21. The first kappa shape index (κ1) is 11.4. The van der Waals surface area contributed by atoms with Gasteiger partial charge in [0.2, 0.25) is 0 Å². The highest BCUT2D eigenvalue weighted by Crippen LogP contribution is 2.20. The van der Waals surface area contributed by atoms with Crippen LogP contribution < -0.4 is 10.5 Å². The second-order valence-electron chi connectivity index (χ2n) is 3.24. The Kier molecular flexibility index (Phi) is 2.72. The highest BCUT2D eigenvalue weighted by molar-refractivity contribution is 7.92. The number of rotatable bonds is 3. The van der Waals surface area contributed by atoms with Crippen molar-refractivity contribution in [2.75, 3.05) is 10.5 Å². The second kappa shape index (κ2) is 4.06. The number of hydrogen-bond acceptors (Lipinski definition) is 4. The SMILES string of the molecule is Nc1cn[nH]c1NS(=O)(=O)c1ccccc1F. The van der Waals surface area contributed by atoms with Crippen molar-refractivity contribution in [2.24, 2.45) is 0 Å². The van der Waals surface area contributed by atoms with Gasteiger partial charge in [0.05, 0.1) is 11.9 Å². The number of anilines is 2. The van der Waals surface area contributed by atoms with Gasteiger partial charge in [0, 0.05) is 0 Å². The summed E-state index contributed by atoms with van der Waals surface area (Å²) in [6.45, 7) is 0. The third-order valence-electron chi connectivity index (χ3n) is 2.03. The summed E-state index contributed by atoms with van der Waals surface area (Å²) in [5.41, 5.74) is 5.58. The topological polar surface area (TPSA) is 101 Å². The molecular weight excluding hydrogens is 247 g/mol. The lowest BCUT2D eigenvalue weighted by Gasteiger charge is -2.07. The van der Waals surface area contributed by atoms with Crippen LogP contribution in [-0.2, 0) is 10.0 Å². The van der Waals surface area contributed by atoms with E-state index in [-0.39, 0.29) is 11.5 Å². The molecule has 0 fully saturated rings. The number of nitrogens with one attached hydrogen (secondary N) is 2. The number of nitrogens with two attached hydrogens (primary N) is 1. The van der Waals surface area contributed by atoms with Crippen molar-refractivity contribution in [2.45, 2.75) is 4.90 Å². The van der Waals surface area contributed by atoms with Crippen molar-refractivity contribution < 1.29 is 12.8 Å². The van der Waals surface area contributed by atoms with Crippen LogP contribution >= 0.6 is 0 Å². The average Bonchev–Trinajstić information content (AvgIpc) is 2.64. The van der Waals surface area contributed by atoms with Crippen LogP contribution in [0.2, 0.25) is 0 Å². The minimum Gasteiger partial charge on any atom is -0.394 e. The van der Waals surface area contributed by atoms with Crippen molar-refractivity contribution in [1.29, 1.82) is 0 Å². The fraction of sp³-hybridized carbons (Fsp3) is 0. The number of aromatic amines is 1. The molecule has 0 saturated heterocycles. The van der Waals surface area contributed by atoms with Gasteiger partial charge < -0.3 is 5.73 Å². The lowest BCUT2D eigenvalue weighted by molar-refractivity contribution is 0.570. The summed E-state index contributed by atoms with van der Waals surface area (Å²) in [6.07, 6.45) is 1.25. The highest BCUT2D eigenvalue weighted by Gasteiger charge is 2.20. The molecule has 1 aromatic heterocycles. The number of nitrogens with zero attached hydrogens (tertiary/aromatic N) is 1. The average molecular weight is 256 g/mol. The lowest BCUT2D eigenvalue weighted by Crippen LogP contribution is -2.15. The van der Waals surface area contributed by atoms with Crippen LogP contribution in [0.4, 0.5) is 15.9 Å². The van der Waals surface area contributed by atoms with Crippen LogP contribution in [0, 0.1) is 5.82 Å². The molecule has 0 aliphatic rings. The maximum atomic E-state index is 13.3. The van der Waals surface area contributed by atoms with Gasteiger partial charge in [-0.2, -0.15) is 5.10 Å². The molecule has 0 aliphatic heterocycles. The molecule has 0 bridgehead atoms. The summed E-state index contributed by atoms with van der Waals surface area (Å²) in [4.78, 5) is -0.450. The molecule has 90 valence electrons. The monoisotopic (exact) mass is 256 g/mol. The van der Waals surface area contributed by atoms with Crippen molar-refractivity contribution in [3.8, 4) is 0 Å². The van der Waals surface area contributed by atoms with E-state index in [0.29, 0.717) is 0 Å². The van der Waals surface area contributed by atoms with Gasteiger partial charge >= 0.3 is 0 Å². The number of nitrogen functional groups attached to an aromatic ring is 1. The van der Waals surface area contributed by atoms with Crippen molar-refractivity contribution in [3.05, 3.63) is 36.3 Å². The van der Waals surface area contributed by atoms with E-state index < -0.39 is 20.7 Å². The van der Waals surface area contributed by atoms with E-state index in [9.17, 15) is 12.8 Å². The first-order chi connectivity index (χ1) is 8.00. The Morgan fingerprint density at radius 3 is 2.65 bits per heavy atom. The van der Waals surface area contributed by atoms with E-state index in [1.54, 1.807) is 0 Å². The zero-order chi connectivity index (χ0) is 12.5. The van der Waals surface area contributed by atoms with Crippen LogP contribution in [0.15, 0.2) is 35.4 Å². The predicted octanol–water partition coefficient (Wildman–Crippen LogP) is 0.932. The summed E-state index contributed by atoms with van der Waals surface area (Å²) in [5.74, 6) is -0.827. The molecule has 0 amide bonds. The van der Waals surface area contributed by atoms with Crippen LogP contribution in [0.3, 0.4) is 0 Å². The molecular formula is C9H9FN4O2S. The number of H-pyrrole nitrogens is 1. The minimum atomic E-state index is -4.01. The maximum Gasteiger partial charge on any atom is 0.266 e. The zero-order valence-electron chi connectivity index (χ0n) is 8.51. The van der Waals surface area contributed by atoms with Gasteiger partial charge in [-0.1, -0.05) is 12.1 Å². The Balaban J connectivity index is 2.39. The molecule has 0 saturated carbocycles. The molecule has 2 aromatic rings. The Morgan fingerprint density at radius 2 is 2.06 bits per heavy atom. The van der Waals surface area contributed by atoms with Crippen LogP contribution in [0.25, 0.3) is 0 Å². The Labute approximate surface area is 96.7 Å². The van der Waals surface area contributed by atoms with Gasteiger partial charge in [-0.15, -0.1) is 0 Å². The quantitative estimate of drug-likeness (QED) is 0.760. The van der Waals surface area contributed by atoms with Gasteiger partial charge in [0.15, 0.2) is 5.82 Å². The fourth-order valence-electron chi connectivity index (χ4n) is 1.23. The first-order valence-corrected chi connectivity index (χ1v) is 6.05. The molecule has 0 atom stereocenters. The number of aromatic nitrogens is 2. The van der Waals surface area contributed by atoms with Crippen molar-refractivity contribution in [1.82, 2.24) is 10.2 Å². The number of benzene rings is 1. The largest absolute Gasteiger partial charge is 0.394 e. The van der Waals surface area contributed by atoms with E-state index in [1.807, 2.05) is 0 Å². The lowest BCUT2D eigenvalue weighted by atomic mass is 10.4. The number of hydrogen-bond donors (Lipinski definition) is 3. The molecule has 6 nitrogen and oxygen atoms in total. The highest BCUT2D eigenvalue weighted by atomic mass is 32.2. The zero-order valence-corrected chi connectivity index (χ0v) is 9.33. The number of halogens is 1. The molecule has 1 heterocycles. The van der Waals surface area contributed by atoms with Gasteiger partial charge in [0.1, 0.15) is 10.7 Å². The Hall–Kier alpha value is -2.09. The minimum absolute atomic E-state index is 0.00764. The van der Waals surface area contributed by atoms with E-state index >= 15 is 0 Å². The summed E-state index contributed by atoms with van der Waals surface area (Å²) in [6, 6.07) is 5.04. The molecule has 4 N–H and O–H groups in total. The van der Waals surface area contributed by atoms with Gasteiger partial charge in [0.25, 0.3) is 10.0 Å². The molecule has 8 heteroatoms. The van der Waals surface area contributed by atoms with Crippen LogP contribution in [0.1, 0.15) is 0 Å². The van der Waals surface area contributed by atoms with Crippen LogP contribution in [0.5, 0.6) is 0 Å². The summed E-state index contributed by atoms with van der Waals surface area (Å²) >= 11 is 0. The van der Waals surface area contributed by atoms with Gasteiger partial charge in [-0.3, -0.25) is 9.82 Å². The van der Waals surface area contributed by atoms with Crippen molar-refractivity contribution in [3.63, 3.8) is 0 Å². The van der Waals surface area contributed by atoms with E-state index in [1.165, 1.54) is 18.3 Å². The molecule has 0 unspecified atom stereocenters. The van der Waals surface area contributed by atoms with E-state index in [2.05, 4.69) is 14.9 Å². The standard InChI is InChI=1S/C9H9FN4O2S/c10-6-3-1-2-4-8(6)17(15,16)14-9-7(11)5-12-13-9/h1-5H,11H2,(H2,12,13,14). The first-order valence-electron chi connectivity index (χ1n) is 4.57. The molecule has 1 aromatic carbocycles. The summed E-state index contributed by atoms with van der Waals surface area (Å²) in [7, 11) is -4.01. The predicted molar refractivity (Wildman–Crippen MR) is 60.2 cm³/mol. The van der Waals surface area contributed by atoms with Crippen LogP contribution in [-0.4, -0.2) is 18.6 Å². The summed E-state index contributed by atoms with van der Waals surface area (Å²) in [5, 5.41) is 5.91. The van der Waals surface area contributed by atoms with Gasteiger partial charge in [-0.05, 0) is 12.1 Å². The third-order valence-corrected chi connectivity index (χ3v) is 3.41.